The molecule has 110 valence electrons. The van der Waals surface area contributed by atoms with Crippen molar-refractivity contribution in [1.29, 1.82) is 0 Å². The summed E-state index contributed by atoms with van der Waals surface area (Å²) in [6, 6.07) is 9.39. The second kappa shape index (κ2) is 7.04. The van der Waals surface area contributed by atoms with Gasteiger partial charge in [0.1, 0.15) is 0 Å². The van der Waals surface area contributed by atoms with E-state index in [4.69, 9.17) is 5.73 Å². The summed E-state index contributed by atoms with van der Waals surface area (Å²) in [5, 5.41) is 3.35. The number of rotatable bonds is 5. The Morgan fingerprint density at radius 1 is 1.24 bits per heavy atom. The molecule has 0 bridgehead atoms. The molecule has 0 saturated carbocycles. The van der Waals surface area contributed by atoms with Gasteiger partial charge >= 0.3 is 0 Å². The van der Waals surface area contributed by atoms with Crippen LogP contribution in [-0.2, 0) is 4.79 Å². The summed E-state index contributed by atoms with van der Waals surface area (Å²) in [5.41, 5.74) is 9.93. The maximum absolute atomic E-state index is 12.2. The number of nitrogens with one attached hydrogen (secondary N) is 1. The molecule has 1 aromatic rings. The summed E-state index contributed by atoms with van der Waals surface area (Å²) < 4.78 is 0. The van der Waals surface area contributed by atoms with E-state index in [2.05, 4.69) is 5.32 Å². The van der Waals surface area contributed by atoms with E-state index in [0.29, 0.717) is 12.0 Å². The number of carbonyl (C=O) groups is 1. The van der Waals surface area contributed by atoms with Gasteiger partial charge in [0.05, 0.1) is 6.04 Å². The van der Waals surface area contributed by atoms with Crippen LogP contribution in [0.25, 0.3) is 0 Å². The Labute approximate surface area is 126 Å². The summed E-state index contributed by atoms with van der Waals surface area (Å²) in [5.74, 6) is 0.143. The van der Waals surface area contributed by atoms with Crippen LogP contribution in [0.3, 0.4) is 0 Å². The maximum atomic E-state index is 12.2. The largest absolute Gasteiger partial charge is 0.359 e. The highest BCUT2D eigenvalue weighted by Crippen LogP contribution is 2.30. The van der Waals surface area contributed by atoms with Crippen molar-refractivity contribution in [3.05, 3.63) is 71.1 Å². The van der Waals surface area contributed by atoms with Crippen LogP contribution in [0.2, 0.25) is 0 Å². The average Bonchev–Trinajstić information content (AvgIpc) is 2.87. The topological polar surface area (TPSA) is 55.1 Å². The zero-order valence-electron chi connectivity index (χ0n) is 12.6. The molecule has 2 rings (SSSR count). The number of nitrogens with two attached hydrogens (primary N) is 1. The standard InChI is InChI=1S/C18H22N2O/c1-3-8-14(4-2)20-15-11-12-16(21)17(15)18(19)13-9-6-5-7-10-13/h3-10,18,20H,11-12,19H2,1-2H3/b8-3-,14-4+/t18-/m1/s1. The number of Topliss-reactive ketones (excluding diaryl/α,β-unsaturated/α-hetero) is 1. The SMILES string of the molecule is C/C=C\C(=C/C)NC1=C([C@H](N)c2ccccc2)C(=O)CC1. The van der Waals surface area contributed by atoms with Crippen molar-refractivity contribution in [1.82, 2.24) is 5.32 Å². The lowest BCUT2D eigenvalue weighted by atomic mass is 9.97. The fraction of sp³-hybridized carbons (Fsp3) is 0.278. The molecule has 0 saturated heterocycles. The Morgan fingerprint density at radius 2 is 1.95 bits per heavy atom. The Balaban J connectivity index is 2.32. The lowest BCUT2D eigenvalue weighted by Gasteiger charge is -2.16. The fourth-order valence-electron chi connectivity index (χ4n) is 2.56. The van der Waals surface area contributed by atoms with Gasteiger partial charge in [0.25, 0.3) is 0 Å². The van der Waals surface area contributed by atoms with Crippen LogP contribution in [0.1, 0.15) is 38.3 Å². The minimum atomic E-state index is -0.368. The van der Waals surface area contributed by atoms with Crippen molar-refractivity contribution in [2.24, 2.45) is 5.73 Å². The molecule has 0 spiro atoms. The van der Waals surface area contributed by atoms with Crippen LogP contribution in [0.5, 0.6) is 0 Å². The number of carbonyl (C=O) groups excluding carboxylic acids is 1. The molecular formula is C18H22N2O. The van der Waals surface area contributed by atoms with Gasteiger partial charge in [0, 0.05) is 23.4 Å². The highest BCUT2D eigenvalue weighted by molar-refractivity contribution is 6.00. The molecule has 1 aromatic carbocycles. The number of ketones is 1. The lowest BCUT2D eigenvalue weighted by molar-refractivity contribution is -0.115. The van der Waals surface area contributed by atoms with Gasteiger partial charge in [-0.15, -0.1) is 0 Å². The van der Waals surface area contributed by atoms with E-state index >= 15 is 0 Å². The Bertz CT molecular complexity index is 597. The first kappa shape index (κ1) is 15.3. The number of allylic oxidation sites excluding steroid dienone is 4. The van der Waals surface area contributed by atoms with E-state index in [-0.39, 0.29) is 11.8 Å². The van der Waals surface area contributed by atoms with Crippen LogP contribution in [-0.4, -0.2) is 5.78 Å². The molecule has 0 aromatic heterocycles. The van der Waals surface area contributed by atoms with Gasteiger partial charge in [0.15, 0.2) is 5.78 Å². The minimum absolute atomic E-state index is 0.143. The van der Waals surface area contributed by atoms with Crippen molar-refractivity contribution >= 4 is 5.78 Å². The Morgan fingerprint density at radius 3 is 2.57 bits per heavy atom. The van der Waals surface area contributed by atoms with Gasteiger partial charge < -0.3 is 11.1 Å². The van der Waals surface area contributed by atoms with Gasteiger partial charge in [-0.05, 0) is 31.9 Å². The summed E-state index contributed by atoms with van der Waals surface area (Å²) >= 11 is 0. The summed E-state index contributed by atoms with van der Waals surface area (Å²) in [6.45, 7) is 3.94. The third kappa shape index (κ3) is 3.50. The molecule has 0 radical (unpaired) electrons. The fourth-order valence-corrected chi connectivity index (χ4v) is 2.56. The molecule has 1 atom stereocenters. The van der Waals surface area contributed by atoms with E-state index in [0.717, 1.165) is 23.4 Å². The third-order valence-corrected chi connectivity index (χ3v) is 3.65. The zero-order valence-corrected chi connectivity index (χ0v) is 12.6. The molecule has 21 heavy (non-hydrogen) atoms. The molecule has 0 unspecified atom stereocenters. The first-order valence-corrected chi connectivity index (χ1v) is 7.30. The van der Waals surface area contributed by atoms with Crippen molar-refractivity contribution < 1.29 is 4.79 Å². The van der Waals surface area contributed by atoms with E-state index in [1.54, 1.807) is 0 Å². The molecule has 0 amide bonds. The summed E-state index contributed by atoms with van der Waals surface area (Å²) in [7, 11) is 0. The lowest BCUT2D eigenvalue weighted by Crippen LogP contribution is -2.21. The first-order chi connectivity index (χ1) is 10.2. The van der Waals surface area contributed by atoms with Gasteiger partial charge in [-0.1, -0.05) is 42.5 Å². The van der Waals surface area contributed by atoms with Gasteiger partial charge in [0.2, 0.25) is 0 Å². The monoisotopic (exact) mass is 282 g/mol. The highest BCUT2D eigenvalue weighted by Gasteiger charge is 2.28. The molecule has 1 aliphatic carbocycles. The van der Waals surface area contributed by atoms with E-state index in [9.17, 15) is 4.79 Å². The highest BCUT2D eigenvalue weighted by atomic mass is 16.1. The molecule has 3 nitrogen and oxygen atoms in total. The zero-order chi connectivity index (χ0) is 15.2. The minimum Gasteiger partial charge on any atom is -0.359 e. The third-order valence-electron chi connectivity index (χ3n) is 3.65. The predicted octanol–water partition coefficient (Wildman–Crippen LogP) is 3.37. The number of hydrogen-bond acceptors (Lipinski definition) is 3. The van der Waals surface area contributed by atoms with Crippen molar-refractivity contribution in [2.45, 2.75) is 32.7 Å². The summed E-state index contributed by atoms with van der Waals surface area (Å²) in [4.78, 5) is 12.2. The summed E-state index contributed by atoms with van der Waals surface area (Å²) in [6.07, 6.45) is 7.20. The van der Waals surface area contributed by atoms with Crippen LogP contribution in [0.4, 0.5) is 0 Å². The smallest absolute Gasteiger partial charge is 0.162 e. The number of hydrogen-bond donors (Lipinski definition) is 2. The molecular weight excluding hydrogens is 260 g/mol. The second-order valence-electron chi connectivity index (χ2n) is 5.07. The first-order valence-electron chi connectivity index (χ1n) is 7.30. The maximum Gasteiger partial charge on any atom is 0.162 e. The van der Waals surface area contributed by atoms with Crippen molar-refractivity contribution in [3.63, 3.8) is 0 Å². The van der Waals surface area contributed by atoms with Gasteiger partial charge in [-0.25, -0.2) is 0 Å². The van der Waals surface area contributed by atoms with Crippen molar-refractivity contribution in [2.75, 3.05) is 0 Å². The number of benzene rings is 1. The molecule has 0 aliphatic heterocycles. The van der Waals surface area contributed by atoms with Crippen LogP contribution >= 0.6 is 0 Å². The molecule has 0 heterocycles. The average molecular weight is 282 g/mol. The molecule has 3 heteroatoms. The molecule has 1 aliphatic rings. The van der Waals surface area contributed by atoms with Gasteiger partial charge in [-0.3, -0.25) is 4.79 Å². The quantitative estimate of drug-likeness (QED) is 0.814. The molecule has 0 fully saturated rings. The normalized spacial score (nSPS) is 17.7. The Kier molecular flexibility index (Phi) is 5.12. The van der Waals surface area contributed by atoms with Crippen molar-refractivity contribution in [3.8, 4) is 0 Å². The molecule has 3 N–H and O–H groups in total. The Hall–Kier alpha value is -2.13. The second-order valence-corrected chi connectivity index (χ2v) is 5.07. The predicted molar refractivity (Wildman–Crippen MR) is 86.3 cm³/mol. The van der Waals surface area contributed by atoms with E-state index < -0.39 is 0 Å². The van der Waals surface area contributed by atoms with E-state index in [1.165, 1.54) is 0 Å². The van der Waals surface area contributed by atoms with Crippen LogP contribution < -0.4 is 11.1 Å². The van der Waals surface area contributed by atoms with Crippen LogP contribution in [0.15, 0.2) is 65.5 Å². The van der Waals surface area contributed by atoms with Crippen LogP contribution in [0, 0.1) is 0 Å². The van der Waals surface area contributed by atoms with E-state index in [1.807, 2.05) is 62.4 Å². The van der Waals surface area contributed by atoms with Gasteiger partial charge in [-0.2, -0.15) is 0 Å².